The second-order valence-electron chi connectivity index (χ2n) is 3.84. The van der Waals surface area contributed by atoms with Crippen molar-refractivity contribution in [1.29, 1.82) is 10.5 Å². The van der Waals surface area contributed by atoms with Gasteiger partial charge in [-0.1, -0.05) is 12.1 Å². The minimum absolute atomic E-state index is 0.0253. The van der Waals surface area contributed by atoms with Crippen LogP contribution in [0.25, 0.3) is 6.08 Å². The summed E-state index contributed by atoms with van der Waals surface area (Å²) >= 11 is 0. The predicted octanol–water partition coefficient (Wildman–Crippen LogP) is 2.96. The molecule has 0 radical (unpaired) electrons. The molecule has 1 amide bonds. The predicted molar refractivity (Wildman–Crippen MR) is 72.3 cm³/mol. The molecule has 96 valence electrons. The van der Waals surface area contributed by atoms with Crippen molar-refractivity contribution >= 4 is 17.7 Å². The summed E-state index contributed by atoms with van der Waals surface area (Å²) in [6, 6.07) is 13.5. The van der Waals surface area contributed by atoms with Crippen LogP contribution in [0.1, 0.15) is 16.1 Å². The van der Waals surface area contributed by atoms with Gasteiger partial charge in [-0.2, -0.15) is 10.5 Å². The summed E-state index contributed by atoms with van der Waals surface area (Å²) in [7, 11) is 0. The number of amides is 1. The zero-order valence-corrected chi connectivity index (χ0v) is 10.3. The molecular formula is C15H9N3O2. The van der Waals surface area contributed by atoms with Crippen LogP contribution in [0.5, 0.6) is 0 Å². The molecule has 0 fully saturated rings. The maximum absolute atomic E-state index is 11.7. The van der Waals surface area contributed by atoms with Crippen LogP contribution in [-0.4, -0.2) is 5.91 Å². The van der Waals surface area contributed by atoms with Crippen LogP contribution < -0.4 is 5.32 Å². The number of carbonyl (C=O) groups excluding carboxylic acids is 1. The van der Waals surface area contributed by atoms with Crippen LogP contribution in [0.2, 0.25) is 0 Å². The Hall–Kier alpha value is -3.31. The van der Waals surface area contributed by atoms with E-state index in [1.54, 1.807) is 48.5 Å². The quantitative estimate of drug-likeness (QED) is 0.862. The fraction of sp³-hybridized carbons (Fsp3) is 0. The zero-order chi connectivity index (χ0) is 14.4. The molecule has 0 aliphatic heterocycles. The third-order valence-corrected chi connectivity index (χ3v) is 2.47. The smallest absolute Gasteiger partial charge is 0.291 e. The van der Waals surface area contributed by atoms with Gasteiger partial charge in [0.25, 0.3) is 5.91 Å². The number of furan rings is 1. The molecule has 0 spiro atoms. The van der Waals surface area contributed by atoms with Crippen LogP contribution in [-0.2, 0) is 0 Å². The molecule has 0 unspecified atom stereocenters. The first-order valence-corrected chi connectivity index (χ1v) is 5.70. The van der Waals surface area contributed by atoms with Crippen LogP contribution in [0.4, 0.5) is 5.69 Å². The Balaban J connectivity index is 2.10. The van der Waals surface area contributed by atoms with E-state index in [4.69, 9.17) is 14.9 Å². The number of nitrogens with one attached hydrogen (secondary N) is 1. The largest absolute Gasteiger partial charge is 0.459 e. The average Bonchev–Trinajstić information content (AvgIpc) is 3.01. The van der Waals surface area contributed by atoms with Crippen LogP contribution in [0.3, 0.4) is 0 Å². The maximum Gasteiger partial charge on any atom is 0.291 e. The zero-order valence-electron chi connectivity index (χ0n) is 10.3. The topological polar surface area (TPSA) is 89.8 Å². The highest BCUT2D eigenvalue weighted by atomic mass is 16.3. The summed E-state index contributed by atoms with van der Waals surface area (Å²) in [6.45, 7) is 0. The van der Waals surface area contributed by atoms with Crippen LogP contribution >= 0.6 is 0 Å². The Kier molecular flexibility index (Phi) is 3.96. The number of rotatable bonds is 3. The highest BCUT2D eigenvalue weighted by Gasteiger charge is 2.08. The second kappa shape index (κ2) is 6.03. The van der Waals surface area contributed by atoms with E-state index in [2.05, 4.69) is 5.32 Å². The lowest BCUT2D eigenvalue weighted by molar-refractivity contribution is 0.0996. The fourth-order valence-electron chi connectivity index (χ4n) is 1.52. The van der Waals surface area contributed by atoms with Gasteiger partial charge in [-0.25, -0.2) is 0 Å². The summed E-state index contributed by atoms with van der Waals surface area (Å²) in [5.41, 5.74) is 1.33. The molecule has 5 nitrogen and oxygen atoms in total. The number of carbonyl (C=O) groups is 1. The van der Waals surface area contributed by atoms with Crippen molar-refractivity contribution in [2.24, 2.45) is 0 Å². The normalized spacial score (nSPS) is 9.10. The highest BCUT2D eigenvalue weighted by Crippen LogP contribution is 2.13. The lowest BCUT2D eigenvalue weighted by Crippen LogP contribution is -2.10. The monoisotopic (exact) mass is 263 g/mol. The molecule has 0 aliphatic rings. The minimum Gasteiger partial charge on any atom is -0.459 e. The van der Waals surface area contributed by atoms with Gasteiger partial charge in [0, 0.05) is 5.69 Å². The maximum atomic E-state index is 11.7. The van der Waals surface area contributed by atoms with E-state index in [0.29, 0.717) is 11.3 Å². The molecule has 0 aliphatic carbocycles. The Morgan fingerprint density at radius 2 is 1.85 bits per heavy atom. The van der Waals surface area contributed by atoms with E-state index in [9.17, 15) is 4.79 Å². The van der Waals surface area contributed by atoms with Gasteiger partial charge >= 0.3 is 0 Å². The van der Waals surface area contributed by atoms with Crippen LogP contribution in [0.15, 0.2) is 52.7 Å². The lowest BCUT2D eigenvalue weighted by Gasteiger charge is -2.03. The molecule has 0 bridgehead atoms. The standard InChI is InChI=1S/C15H9N3O2/c16-9-12(10-17)8-11-3-5-13(6-4-11)18-15(19)14-2-1-7-20-14/h1-8H,(H,18,19). The molecule has 20 heavy (non-hydrogen) atoms. The van der Waals surface area contributed by atoms with E-state index in [-0.39, 0.29) is 17.2 Å². The molecule has 5 heteroatoms. The van der Waals surface area contributed by atoms with Crippen molar-refractivity contribution in [1.82, 2.24) is 0 Å². The third kappa shape index (κ3) is 3.12. The molecule has 0 saturated heterocycles. The summed E-state index contributed by atoms with van der Waals surface area (Å²) in [6.07, 6.45) is 2.90. The van der Waals surface area contributed by atoms with Gasteiger partial charge in [0.1, 0.15) is 17.7 Å². The third-order valence-electron chi connectivity index (χ3n) is 2.47. The Labute approximate surface area is 115 Å². The number of anilines is 1. The molecule has 1 heterocycles. The van der Waals surface area contributed by atoms with E-state index in [0.717, 1.165) is 0 Å². The minimum atomic E-state index is -0.340. The highest BCUT2D eigenvalue weighted by molar-refractivity contribution is 6.02. The van der Waals surface area contributed by atoms with E-state index < -0.39 is 0 Å². The number of nitriles is 2. The molecule has 1 aromatic carbocycles. The Morgan fingerprint density at radius 3 is 2.40 bits per heavy atom. The number of benzene rings is 1. The Morgan fingerprint density at radius 1 is 1.15 bits per heavy atom. The second-order valence-corrected chi connectivity index (χ2v) is 3.84. The molecule has 1 N–H and O–H groups in total. The van der Waals surface area contributed by atoms with Crippen molar-refractivity contribution in [2.75, 3.05) is 5.32 Å². The van der Waals surface area contributed by atoms with Gasteiger partial charge in [-0.05, 0) is 35.9 Å². The van der Waals surface area contributed by atoms with Crippen molar-refractivity contribution in [3.8, 4) is 12.1 Å². The first-order chi connectivity index (χ1) is 9.72. The molecule has 0 atom stereocenters. The first-order valence-electron chi connectivity index (χ1n) is 5.70. The lowest BCUT2D eigenvalue weighted by atomic mass is 10.1. The van der Waals surface area contributed by atoms with Gasteiger partial charge in [-0.15, -0.1) is 0 Å². The fourth-order valence-corrected chi connectivity index (χ4v) is 1.52. The van der Waals surface area contributed by atoms with E-state index >= 15 is 0 Å². The van der Waals surface area contributed by atoms with E-state index in [1.807, 2.05) is 0 Å². The van der Waals surface area contributed by atoms with Gasteiger partial charge < -0.3 is 9.73 Å². The van der Waals surface area contributed by atoms with Gasteiger partial charge in [-0.3, -0.25) is 4.79 Å². The molecule has 2 rings (SSSR count). The van der Waals surface area contributed by atoms with Gasteiger partial charge in [0.05, 0.1) is 6.26 Å². The van der Waals surface area contributed by atoms with Crippen molar-refractivity contribution < 1.29 is 9.21 Å². The number of hydrogen-bond donors (Lipinski definition) is 1. The van der Waals surface area contributed by atoms with Crippen LogP contribution in [0, 0.1) is 22.7 Å². The molecule has 1 aromatic heterocycles. The summed E-state index contributed by atoms with van der Waals surface area (Å²) in [5, 5.41) is 20.0. The summed E-state index contributed by atoms with van der Waals surface area (Å²) in [4.78, 5) is 11.7. The number of hydrogen-bond acceptors (Lipinski definition) is 4. The summed E-state index contributed by atoms with van der Waals surface area (Å²) < 4.78 is 4.98. The van der Waals surface area contributed by atoms with Crippen molar-refractivity contribution in [3.63, 3.8) is 0 Å². The number of allylic oxidation sites excluding steroid dienone is 1. The number of nitrogens with zero attached hydrogens (tertiary/aromatic N) is 2. The van der Waals surface area contributed by atoms with E-state index in [1.165, 1.54) is 12.3 Å². The Bertz CT molecular complexity index is 698. The SMILES string of the molecule is N#CC(C#N)=Cc1ccc(NC(=O)c2ccco2)cc1. The first kappa shape index (κ1) is 13.1. The van der Waals surface area contributed by atoms with Gasteiger partial charge in [0.2, 0.25) is 0 Å². The molecule has 2 aromatic rings. The van der Waals surface area contributed by atoms with Crippen molar-refractivity contribution in [3.05, 3.63) is 59.6 Å². The van der Waals surface area contributed by atoms with Crippen molar-refractivity contribution in [2.45, 2.75) is 0 Å². The van der Waals surface area contributed by atoms with Gasteiger partial charge in [0.15, 0.2) is 5.76 Å². The average molecular weight is 263 g/mol. The summed E-state index contributed by atoms with van der Waals surface area (Å²) in [5.74, 6) is -0.113. The molecular weight excluding hydrogens is 254 g/mol. The molecule has 0 saturated carbocycles.